The number of furan rings is 1. The van der Waals surface area contributed by atoms with Gasteiger partial charge in [-0.3, -0.25) is 20.2 Å². The van der Waals surface area contributed by atoms with E-state index in [0.717, 1.165) is 87.0 Å². The number of nitrogens with one attached hydrogen (secondary N) is 4. The van der Waals surface area contributed by atoms with Crippen molar-refractivity contribution in [3.05, 3.63) is 163 Å². The average Bonchev–Trinajstić information content (AvgIpc) is 4.04. The van der Waals surface area contributed by atoms with E-state index >= 15 is 0 Å². The second-order valence-corrected chi connectivity index (χ2v) is 17.6. The molecule has 0 aliphatic carbocycles. The van der Waals surface area contributed by atoms with Gasteiger partial charge in [-0.15, -0.1) is 0 Å². The van der Waals surface area contributed by atoms with Crippen molar-refractivity contribution in [3.8, 4) is 22.6 Å². The Morgan fingerprint density at radius 1 is 0.639 bits per heavy atom. The Hall–Kier alpha value is -8.65. The lowest BCUT2D eigenvalue weighted by Gasteiger charge is -2.19. The van der Waals surface area contributed by atoms with Crippen LogP contribution < -0.4 is 40.2 Å². The van der Waals surface area contributed by atoms with Crippen LogP contribution in [0.1, 0.15) is 70.6 Å². The third kappa shape index (κ3) is 11.7. The zero-order valence-corrected chi connectivity index (χ0v) is 40.4. The maximum Gasteiger partial charge on any atom is 0.374 e. The summed E-state index contributed by atoms with van der Waals surface area (Å²) in [5.74, 6) is 2.13. The van der Waals surface area contributed by atoms with Gasteiger partial charge in [-0.05, 0) is 91.8 Å². The number of methoxy groups -OCH3 is 1. The molecule has 2 aromatic heterocycles. The van der Waals surface area contributed by atoms with Gasteiger partial charge in [-0.25, -0.2) is 9.59 Å². The number of benzene rings is 6. The fourth-order valence-electron chi connectivity index (χ4n) is 8.92. The molecule has 0 spiro atoms. The number of carbonyl (C=O) groups is 4. The smallest absolute Gasteiger partial charge is 0.374 e. The molecule has 0 radical (unpaired) electrons. The minimum Gasteiger partial charge on any atom is -0.496 e. The number of hydrogen-bond donors (Lipinski definition) is 4. The Morgan fingerprint density at radius 3 is 1.99 bits per heavy atom. The van der Waals surface area contributed by atoms with Crippen LogP contribution in [0.2, 0.25) is 0 Å². The first kappa shape index (κ1) is 48.4. The van der Waals surface area contributed by atoms with E-state index in [9.17, 15) is 19.2 Å². The largest absolute Gasteiger partial charge is 0.496 e. The van der Waals surface area contributed by atoms with Crippen molar-refractivity contribution in [3.63, 3.8) is 0 Å². The van der Waals surface area contributed by atoms with Crippen molar-refractivity contribution >= 4 is 80.1 Å². The van der Waals surface area contributed by atoms with Gasteiger partial charge in [-0.1, -0.05) is 92.2 Å². The molecule has 1 aliphatic rings. The van der Waals surface area contributed by atoms with Crippen LogP contribution in [0, 0.1) is 0 Å². The summed E-state index contributed by atoms with van der Waals surface area (Å²) in [5, 5.41) is 12.2. The summed E-state index contributed by atoms with van der Waals surface area (Å²) in [7, 11) is 1.67. The lowest BCUT2D eigenvalue weighted by Crippen LogP contribution is -2.35. The summed E-state index contributed by atoms with van der Waals surface area (Å²) in [4.78, 5) is 52.4. The molecule has 1 aliphatic heterocycles. The second kappa shape index (κ2) is 22.8. The maximum atomic E-state index is 12.7. The number of carbonyl (C=O) groups excluding carboxylic acids is 4. The third-order valence-corrected chi connectivity index (χ3v) is 12.5. The van der Waals surface area contributed by atoms with Crippen LogP contribution in [0.25, 0.3) is 50.2 Å². The second-order valence-electron chi connectivity index (χ2n) is 17.6. The molecule has 366 valence electrons. The molecular formula is C58H57N6O8+. The zero-order valence-electron chi connectivity index (χ0n) is 40.4. The molecule has 0 fully saturated rings. The number of oxazole rings is 1. The Kier molecular flexibility index (Phi) is 15.4. The number of nitrogens with zero attached hydrogens (tertiary/aromatic N) is 2. The van der Waals surface area contributed by atoms with Crippen LogP contribution in [0.5, 0.6) is 11.5 Å². The predicted molar refractivity (Wildman–Crippen MR) is 281 cm³/mol. The van der Waals surface area contributed by atoms with Crippen molar-refractivity contribution in [1.82, 2.24) is 10.6 Å². The highest BCUT2D eigenvalue weighted by atomic mass is 16.5. The van der Waals surface area contributed by atoms with E-state index in [1.54, 1.807) is 31.4 Å². The number of allylic oxidation sites excluding steroid dienone is 2. The molecule has 72 heavy (non-hydrogen) atoms. The van der Waals surface area contributed by atoms with Gasteiger partial charge in [0.25, 0.3) is 5.52 Å². The molecule has 0 unspecified atom stereocenters. The monoisotopic (exact) mass is 965 g/mol. The van der Waals surface area contributed by atoms with Crippen LogP contribution in [-0.4, -0.2) is 37.5 Å². The highest BCUT2D eigenvalue weighted by Gasteiger charge is 2.29. The highest BCUT2D eigenvalue weighted by Crippen LogP contribution is 2.44. The first-order chi connectivity index (χ1) is 35.2. The van der Waals surface area contributed by atoms with Gasteiger partial charge in [0.05, 0.1) is 18.9 Å². The van der Waals surface area contributed by atoms with Crippen molar-refractivity contribution in [2.24, 2.45) is 0 Å². The van der Waals surface area contributed by atoms with Crippen LogP contribution >= 0.6 is 0 Å². The first-order valence-electron chi connectivity index (χ1n) is 24.5. The van der Waals surface area contributed by atoms with Crippen LogP contribution in [0.3, 0.4) is 0 Å². The van der Waals surface area contributed by atoms with E-state index in [4.69, 9.17) is 18.3 Å². The topological polar surface area (TPSA) is 168 Å². The van der Waals surface area contributed by atoms with E-state index in [2.05, 4.69) is 68.0 Å². The molecule has 8 aromatic rings. The summed E-state index contributed by atoms with van der Waals surface area (Å²) in [6.07, 6.45) is 9.37. The summed E-state index contributed by atoms with van der Waals surface area (Å²) in [6, 6.07) is 43.0. The molecular weight excluding hydrogens is 909 g/mol. The number of aromatic nitrogens is 1. The van der Waals surface area contributed by atoms with Crippen molar-refractivity contribution < 1.29 is 42.1 Å². The maximum absolute atomic E-state index is 12.7. The summed E-state index contributed by atoms with van der Waals surface area (Å²) >= 11 is 0. The van der Waals surface area contributed by atoms with Gasteiger partial charge in [0, 0.05) is 71.7 Å². The molecule has 0 saturated carbocycles. The molecule has 0 saturated heterocycles. The average molecular weight is 966 g/mol. The van der Waals surface area contributed by atoms with Gasteiger partial charge in [-0.2, -0.15) is 4.57 Å². The van der Waals surface area contributed by atoms with Crippen molar-refractivity contribution in [1.29, 1.82) is 0 Å². The van der Waals surface area contributed by atoms with Crippen molar-refractivity contribution in [2.45, 2.75) is 71.3 Å². The normalized spacial score (nSPS) is 12.8. The van der Waals surface area contributed by atoms with E-state index in [-0.39, 0.29) is 24.7 Å². The van der Waals surface area contributed by atoms with E-state index in [0.29, 0.717) is 61.1 Å². The lowest BCUT2D eigenvalue weighted by atomic mass is 10.0. The van der Waals surface area contributed by atoms with Gasteiger partial charge < -0.3 is 33.8 Å². The Bertz CT molecular complexity index is 3300. The summed E-state index contributed by atoms with van der Waals surface area (Å²) in [6.45, 7) is 3.31. The van der Waals surface area contributed by atoms with Gasteiger partial charge in [0.2, 0.25) is 23.3 Å². The standard InChI is InChI=1S/C58H56N6O8/c1-3-39(34-55-63(32-18-6-12-28-53(65)61-57(67)59-41-20-8-4-9-21-41)46-36-40(30-31-50(46)71-55)43-24-14-16-26-48(43)69-2)35-56-64(33-19-7-13-29-54(66)62-58(68)60-42-22-10-5-11-23-42)47-37-45-44-25-15-17-27-49(44)70-51(45)38-52(47)72-56/h4-5,8-11,14-17,20-27,30-31,34-38H,3,6-7,12-13,18-19,28-29,32-33H2,1-2H3,(H3-,59,60,61,62,65,66,67,68)/p+1. The van der Waals surface area contributed by atoms with Crippen LogP contribution in [0.15, 0.2) is 166 Å². The molecule has 3 heterocycles. The predicted octanol–water partition coefficient (Wildman–Crippen LogP) is 12.6. The summed E-state index contributed by atoms with van der Waals surface area (Å²) in [5.41, 5.74) is 8.16. The number of ether oxygens (including phenoxy) is 2. The fourth-order valence-corrected chi connectivity index (χ4v) is 8.92. The molecule has 14 nitrogen and oxygen atoms in total. The number of imide groups is 2. The quantitative estimate of drug-likeness (QED) is 0.0455. The number of unbranched alkanes of at least 4 members (excludes halogenated alkanes) is 4. The number of anilines is 3. The van der Waals surface area contributed by atoms with E-state index < -0.39 is 12.1 Å². The molecule has 14 heteroatoms. The van der Waals surface area contributed by atoms with Crippen LogP contribution in [0.4, 0.5) is 26.7 Å². The number of aryl methyl sites for hydroxylation is 1. The number of urea groups is 2. The number of amides is 6. The number of rotatable bonds is 19. The van der Waals surface area contributed by atoms with Crippen LogP contribution in [-0.2, 0) is 16.1 Å². The molecule has 9 rings (SSSR count). The third-order valence-electron chi connectivity index (χ3n) is 12.5. The number of para-hydroxylation sites is 4. The van der Waals surface area contributed by atoms with E-state index in [1.807, 2.05) is 97.1 Å². The molecule has 0 bridgehead atoms. The molecule has 6 aromatic carbocycles. The Balaban J connectivity index is 0.942. The first-order valence-corrected chi connectivity index (χ1v) is 24.5. The van der Waals surface area contributed by atoms with Gasteiger partial charge in [0.15, 0.2) is 12.3 Å². The number of fused-ring (bicyclic) bond motifs is 5. The minimum atomic E-state index is -0.557. The molecule has 6 amide bonds. The molecule has 4 N–H and O–H groups in total. The zero-order chi connectivity index (χ0) is 49.8. The fraction of sp³-hybridized carbons (Fsp3) is 0.224. The van der Waals surface area contributed by atoms with E-state index in [1.165, 1.54) is 0 Å². The highest BCUT2D eigenvalue weighted by molar-refractivity contribution is 6.08. The van der Waals surface area contributed by atoms with Crippen molar-refractivity contribution in [2.75, 3.05) is 29.2 Å². The Labute approximate surface area is 417 Å². The minimum absolute atomic E-state index is 0.209. The van der Waals surface area contributed by atoms with Gasteiger partial charge in [0.1, 0.15) is 16.9 Å². The molecule has 0 atom stereocenters. The lowest BCUT2D eigenvalue weighted by molar-refractivity contribution is -0.678. The van der Waals surface area contributed by atoms with Gasteiger partial charge >= 0.3 is 18.0 Å². The SMILES string of the molecule is CCC(=Cc1oc2cc3oc4ccccc4c3cc2[n+]1CCCCCC(=O)NC(=O)Nc1ccccc1)C=C1Oc2ccc(-c3ccccc3OC)cc2N1CCCCCC(=O)NC(=O)Nc1ccccc1. The Morgan fingerprint density at radius 2 is 1.29 bits per heavy atom. The number of hydrogen-bond acceptors (Lipinski definition) is 9. The summed E-state index contributed by atoms with van der Waals surface area (Å²) < 4.78 is 27.5.